The first-order valence-electron chi connectivity index (χ1n) is 6.38. The van der Waals surface area contributed by atoms with Gasteiger partial charge in [0.15, 0.2) is 0 Å². The molecule has 0 saturated carbocycles. The number of ketones is 1. The molecule has 1 saturated heterocycles. The van der Waals surface area contributed by atoms with Crippen molar-refractivity contribution in [2.24, 2.45) is 0 Å². The average molecular weight is 224 g/mol. The van der Waals surface area contributed by atoms with E-state index >= 15 is 0 Å². The molecule has 1 N–H and O–H groups in total. The third kappa shape index (κ3) is 6.03. The molecule has 1 heterocycles. The standard InChI is InChI=1S/C13H24N2O/c1-2-3-4-5-6-7-13(16)12-15-10-8-14-9-11-15/h2,14H,1,3-12H2. The number of nitrogens with zero attached hydrogens (tertiary/aromatic N) is 1. The molecule has 0 aromatic carbocycles. The minimum Gasteiger partial charge on any atom is -0.314 e. The summed E-state index contributed by atoms with van der Waals surface area (Å²) in [6.45, 7) is 8.42. The van der Waals surface area contributed by atoms with Crippen LogP contribution in [0.15, 0.2) is 12.7 Å². The maximum atomic E-state index is 11.7. The van der Waals surface area contributed by atoms with E-state index in [9.17, 15) is 4.79 Å². The van der Waals surface area contributed by atoms with Crippen molar-refractivity contribution >= 4 is 5.78 Å². The molecule has 0 radical (unpaired) electrons. The summed E-state index contributed by atoms with van der Waals surface area (Å²) in [7, 11) is 0. The highest BCUT2D eigenvalue weighted by Gasteiger charge is 2.12. The first kappa shape index (κ1) is 13.4. The van der Waals surface area contributed by atoms with Crippen LogP contribution in [0.1, 0.15) is 32.1 Å². The lowest BCUT2D eigenvalue weighted by Crippen LogP contribution is -2.45. The summed E-state index contributed by atoms with van der Waals surface area (Å²) >= 11 is 0. The van der Waals surface area contributed by atoms with Crippen molar-refractivity contribution in [1.82, 2.24) is 10.2 Å². The van der Waals surface area contributed by atoms with Gasteiger partial charge in [0.05, 0.1) is 6.54 Å². The van der Waals surface area contributed by atoms with Gasteiger partial charge < -0.3 is 5.32 Å². The van der Waals surface area contributed by atoms with Crippen LogP contribution in [0.3, 0.4) is 0 Å². The molecule has 1 fully saturated rings. The van der Waals surface area contributed by atoms with Crippen molar-refractivity contribution in [3.63, 3.8) is 0 Å². The Labute approximate surface area is 98.9 Å². The van der Waals surface area contributed by atoms with Crippen LogP contribution in [-0.4, -0.2) is 43.4 Å². The summed E-state index contributed by atoms with van der Waals surface area (Å²) in [5, 5.41) is 3.29. The molecule has 1 aliphatic rings. The van der Waals surface area contributed by atoms with Crippen LogP contribution in [0.2, 0.25) is 0 Å². The van der Waals surface area contributed by atoms with Gasteiger partial charge in [-0.3, -0.25) is 9.69 Å². The van der Waals surface area contributed by atoms with E-state index in [0.29, 0.717) is 12.3 Å². The molecule has 92 valence electrons. The maximum Gasteiger partial charge on any atom is 0.146 e. The zero-order chi connectivity index (χ0) is 11.6. The number of carbonyl (C=O) groups is 1. The van der Waals surface area contributed by atoms with Crippen molar-refractivity contribution in [1.29, 1.82) is 0 Å². The van der Waals surface area contributed by atoms with Crippen LogP contribution in [0.4, 0.5) is 0 Å². The van der Waals surface area contributed by atoms with Gasteiger partial charge in [0.25, 0.3) is 0 Å². The molecule has 0 bridgehead atoms. The van der Waals surface area contributed by atoms with Crippen LogP contribution in [0.5, 0.6) is 0 Å². The molecule has 0 atom stereocenters. The second kappa shape index (κ2) is 8.48. The minimum atomic E-state index is 0.403. The highest BCUT2D eigenvalue weighted by atomic mass is 16.1. The smallest absolute Gasteiger partial charge is 0.146 e. The fourth-order valence-electron chi connectivity index (χ4n) is 1.99. The Bertz CT molecular complexity index is 210. The van der Waals surface area contributed by atoms with Crippen molar-refractivity contribution in [2.75, 3.05) is 32.7 Å². The van der Waals surface area contributed by atoms with E-state index < -0.39 is 0 Å². The summed E-state index contributed by atoms with van der Waals surface area (Å²) in [4.78, 5) is 13.9. The van der Waals surface area contributed by atoms with Gasteiger partial charge in [-0.2, -0.15) is 0 Å². The Morgan fingerprint density at radius 2 is 2.00 bits per heavy atom. The minimum absolute atomic E-state index is 0.403. The first-order valence-corrected chi connectivity index (χ1v) is 6.38. The number of nitrogens with one attached hydrogen (secondary N) is 1. The highest BCUT2D eigenvalue weighted by molar-refractivity contribution is 5.80. The highest BCUT2D eigenvalue weighted by Crippen LogP contribution is 2.04. The lowest BCUT2D eigenvalue weighted by molar-refractivity contribution is -0.120. The fraction of sp³-hybridized carbons (Fsp3) is 0.769. The van der Waals surface area contributed by atoms with E-state index in [-0.39, 0.29) is 0 Å². The first-order chi connectivity index (χ1) is 7.83. The lowest BCUT2D eigenvalue weighted by atomic mass is 10.1. The second-order valence-electron chi connectivity index (χ2n) is 4.45. The van der Waals surface area contributed by atoms with Gasteiger partial charge in [-0.25, -0.2) is 0 Å². The van der Waals surface area contributed by atoms with E-state index in [1.54, 1.807) is 0 Å². The Hall–Kier alpha value is -0.670. The van der Waals surface area contributed by atoms with Crippen LogP contribution in [0.25, 0.3) is 0 Å². The van der Waals surface area contributed by atoms with Gasteiger partial charge in [0.1, 0.15) is 5.78 Å². The van der Waals surface area contributed by atoms with Crippen LogP contribution in [0, 0.1) is 0 Å². The Morgan fingerprint density at radius 1 is 1.25 bits per heavy atom. The van der Waals surface area contributed by atoms with Crippen molar-refractivity contribution in [3.05, 3.63) is 12.7 Å². The van der Waals surface area contributed by atoms with E-state index in [4.69, 9.17) is 0 Å². The number of unbranched alkanes of at least 4 members (excludes halogenated alkanes) is 3. The summed E-state index contributed by atoms with van der Waals surface area (Å²) < 4.78 is 0. The Balaban J connectivity index is 1.99. The number of allylic oxidation sites excluding steroid dienone is 1. The van der Waals surface area contributed by atoms with Crippen LogP contribution >= 0.6 is 0 Å². The third-order valence-corrected chi connectivity index (χ3v) is 2.97. The Morgan fingerprint density at radius 3 is 2.69 bits per heavy atom. The topological polar surface area (TPSA) is 32.3 Å². The van der Waals surface area contributed by atoms with Gasteiger partial charge >= 0.3 is 0 Å². The zero-order valence-electron chi connectivity index (χ0n) is 10.2. The van der Waals surface area contributed by atoms with Gasteiger partial charge in [-0.1, -0.05) is 12.5 Å². The fourth-order valence-corrected chi connectivity index (χ4v) is 1.99. The Kier molecular flexibility index (Phi) is 7.10. The number of piperazine rings is 1. The van der Waals surface area contributed by atoms with Crippen LogP contribution < -0.4 is 5.32 Å². The molecule has 0 spiro atoms. The predicted molar refractivity (Wildman–Crippen MR) is 67.6 cm³/mol. The molecule has 3 nitrogen and oxygen atoms in total. The van der Waals surface area contributed by atoms with Gasteiger partial charge in [-0.15, -0.1) is 6.58 Å². The monoisotopic (exact) mass is 224 g/mol. The molecule has 0 aromatic rings. The van der Waals surface area contributed by atoms with E-state index in [0.717, 1.165) is 51.9 Å². The number of carbonyl (C=O) groups excluding carboxylic acids is 1. The zero-order valence-corrected chi connectivity index (χ0v) is 10.2. The molecule has 3 heteroatoms. The van der Waals surface area contributed by atoms with Crippen molar-refractivity contribution in [2.45, 2.75) is 32.1 Å². The maximum absolute atomic E-state index is 11.7. The van der Waals surface area contributed by atoms with E-state index in [2.05, 4.69) is 16.8 Å². The molecule has 0 amide bonds. The third-order valence-electron chi connectivity index (χ3n) is 2.97. The van der Waals surface area contributed by atoms with Gasteiger partial charge in [0.2, 0.25) is 0 Å². The average Bonchev–Trinajstić information content (AvgIpc) is 2.30. The molecular formula is C13H24N2O. The SMILES string of the molecule is C=CCCCCCC(=O)CN1CCNCC1. The molecule has 0 aliphatic carbocycles. The molecule has 1 aliphatic heterocycles. The molecule has 16 heavy (non-hydrogen) atoms. The summed E-state index contributed by atoms with van der Waals surface area (Å²) in [5.41, 5.74) is 0. The summed E-state index contributed by atoms with van der Waals surface area (Å²) in [6.07, 6.45) is 7.14. The van der Waals surface area contributed by atoms with E-state index in [1.807, 2.05) is 6.08 Å². The van der Waals surface area contributed by atoms with Crippen molar-refractivity contribution in [3.8, 4) is 0 Å². The van der Waals surface area contributed by atoms with E-state index in [1.165, 1.54) is 6.42 Å². The van der Waals surface area contributed by atoms with Crippen molar-refractivity contribution < 1.29 is 4.79 Å². The van der Waals surface area contributed by atoms with Gasteiger partial charge in [0, 0.05) is 32.6 Å². The number of hydrogen-bond acceptors (Lipinski definition) is 3. The van der Waals surface area contributed by atoms with Crippen LogP contribution in [-0.2, 0) is 4.79 Å². The molecule has 0 aromatic heterocycles. The molecule has 0 unspecified atom stereocenters. The summed E-state index contributed by atoms with van der Waals surface area (Å²) in [5.74, 6) is 0.403. The summed E-state index contributed by atoms with van der Waals surface area (Å²) in [6, 6.07) is 0. The van der Waals surface area contributed by atoms with Gasteiger partial charge in [-0.05, 0) is 19.3 Å². The largest absolute Gasteiger partial charge is 0.314 e. The predicted octanol–water partition coefficient (Wildman–Crippen LogP) is 1.60. The molecule has 1 rings (SSSR count). The lowest BCUT2D eigenvalue weighted by Gasteiger charge is -2.26. The number of rotatable bonds is 8. The second-order valence-corrected chi connectivity index (χ2v) is 4.45. The molecular weight excluding hydrogens is 200 g/mol. The number of hydrogen-bond donors (Lipinski definition) is 1. The normalized spacial score (nSPS) is 17.2. The number of Topliss-reactive ketones (excluding diaryl/α,β-unsaturated/α-hetero) is 1. The quantitative estimate of drug-likeness (QED) is 0.502.